The molecular weight excluding hydrogens is 198 g/mol. The van der Waals surface area contributed by atoms with E-state index in [4.69, 9.17) is 5.73 Å². The molecule has 0 fully saturated rings. The first-order valence-corrected chi connectivity index (χ1v) is 5.57. The van der Waals surface area contributed by atoms with Crippen molar-refractivity contribution in [2.24, 2.45) is 5.73 Å². The van der Waals surface area contributed by atoms with Crippen LogP contribution in [0.15, 0.2) is 18.2 Å². The van der Waals surface area contributed by atoms with Crippen LogP contribution in [0.2, 0.25) is 0 Å². The second kappa shape index (κ2) is 4.71. The summed E-state index contributed by atoms with van der Waals surface area (Å²) in [6.07, 6.45) is 3.93. The van der Waals surface area contributed by atoms with Gasteiger partial charge in [0.1, 0.15) is 5.75 Å². The maximum Gasteiger partial charge on any atom is 0.119 e. The van der Waals surface area contributed by atoms with Gasteiger partial charge in [0.25, 0.3) is 0 Å². The molecule has 0 saturated heterocycles. The second-order valence-electron chi connectivity index (χ2n) is 5.11. The van der Waals surface area contributed by atoms with Crippen molar-refractivity contribution < 1.29 is 5.11 Å². The van der Waals surface area contributed by atoms with E-state index in [1.165, 1.54) is 0 Å². The average molecular weight is 219 g/mol. The molecule has 0 aromatic heterocycles. The Balaban J connectivity index is 3.27. The smallest absolute Gasteiger partial charge is 0.119 e. The van der Waals surface area contributed by atoms with Crippen LogP contribution in [0.1, 0.15) is 37.5 Å². The number of hydrogen-bond acceptors (Lipinski definition) is 2. The molecule has 0 aliphatic heterocycles. The van der Waals surface area contributed by atoms with E-state index in [9.17, 15) is 5.11 Å². The van der Waals surface area contributed by atoms with Gasteiger partial charge in [-0.15, -0.1) is 0 Å². The summed E-state index contributed by atoms with van der Waals surface area (Å²) in [4.78, 5) is 0. The van der Waals surface area contributed by atoms with Gasteiger partial charge in [0.05, 0.1) is 0 Å². The predicted molar refractivity (Wildman–Crippen MR) is 69.6 cm³/mol. The van der Waals surface area contributed by atoms with Crippen LogP contribution in [0.3, 0.4) is 0 Å². The molecule has 0 aliphatic carbocycles. The summed E-state index contributed by atoms with van der Waals surface area (Å²) in [5, 5.41) is 9.93. The molecule has 0 heterocycles. The minimum Gasteiger partial charge on any atom is -0.508 e. The Hall–Kier alpha value is -1.28. The molecular formula is C14H21NO. The van der Waals surface area contributed by atoms with Crippen molar-refractivity contribution in [3.05, 3.63) is 34.9 Å². The minimum atomic E-state index is -0.0525. The summed E-state index contributed by atoms with van der Waals surface area (Å²) in [7, 11) is 0. The number of benzene rings is 1. The molecule has 0 saturated carbocycles. The number of hydrogen-bond donors (Lipinski definition) is 2. The van der Waals surface area contributed by atoms with Gasteiger partial charge in [-0.2, -0.15) is 0 Å². The predicted octanol–water partition coefficient (Wildman–Crippen LogP) is 2.97. The SMILES string of the molecule is Cc1cc(O)c(C(C)(C)C)cc1/C=C/CN. The van der Waals surface area contributed by atoms with Gasteiger partial charge in [-0.05, 0) is 41.2 Å². The third kappa shape index (κ3) is 2.86. The molecule has 0 radical (unpaired) electrons. The molecule has 0 bridgehead atoms. The van der Waals surface area contributed by atoms with Crippen molar-refractivity contribution in [1.82, 2.24) is 0 Å². The van der Waals surface area contributed by atoms with Crippen molar-refractivity contribution in [2.75, 3.05) is 6.54 Å². The lowest BCUT2D eigenvalue weighted by Crippen LogP contribution is -2.11. The molecule has 1 aromatic carbocycles. The van der Waals surface area contributed by atoms with Gasteiger partial charge in [-0.3, -0.25) is 0 Å². The van der Waals surface area contributed by atoms with Gasteiger partial charge in [-0.25, -0.2) is 0 Å². The van der Waals surface area contributed by atoms with Crippen LogP contribution >= 0.6 is 0 Å². The Labute approximate surface area is 97.8 Å². The van der Waals surface area contributed by atoms with Crippen LogP contribution in [0.25, 0.3) is 6.08 Å². The maximum absolute atomic E-state index is 9.93. The number of aryl methyl sites for hydroxylation is 1. The standard InChI is InChI=1S/C14H21NO/c1-10-8-13(16)12(14(2,3)4)9-11(10)6-5-7-15/h5-6,8-9,16H,7,15H2,1-4H3/b6-5+. The highest BCUT2D eigenvalue weighted by Crippen LogP contribution is 2.33. The van der Waals surface area contributed by atoms with Gasteiger partial charge < -0.3 is 10.8 Å². The zero-order chi connectivity index (χ0) is 12.3. The zero-order valence-corrected chi connectivity index (χ0v) is 10.5. The fraction of sp³-hybridized carbons (Fsp3) is 0.429. The van der Waals surface area contributed by atoms with Crippen molar-refractivity contribution in [3.63, 3.8) is 0 Å². The van der Waals surface area contributed by atoms with E-state index >= 15 is 0 Å². The Morgan fingerprint density at radius 2 is 1.94 bits per heavy atom. The van der Waals surface area contributed by atoms with Gasteiger partial charge >= 0.3 is 0 Å². The largest absolute Gasteiger partial charge is 0.508 e. The lowest BCUT2D eigenvalue weighted by molar-refractivity contribution is 0.446. The molecule has 3 N–H and O–H groups in total. The Kier molecular flexibility index (Phi) is 3.76. The maximum atomic E-state index is 9.93. The van der Waals surface area contributed by atoms with Gasteiger partial charge in [0, 0.05) is 6.54 Å². The summed E-state index contributed by atoms with van der Waals surface area (Å²) < 4.78 is 0. The first kappa shape index (κ1) is 12.8. The van der Waals surface area contributed by atoms with Gasteiger partial charge in [0.2, 0.25) is 0 Å². The Bertz CT molecular complexity index is 400. The summed E-state index contributed by atoms with van der Waals surface area (Å²) in [6.45, 7) is 8.79. The van der Waals surface area contributed by atoms with Crippen LogP contribution in [-0.4, -0.2) is 11.7 Å². The highest BCUT2D eigenvalue weighted by atomic mass is 16.3. The molecule has 0 unspecified atom stereocenters. The van der Waals surface area contributed by atoms with Crippen LogP contribution in [0.5, 0.6) is 5.75 Å². The molecule has 0 amide bonds. The summed E-state index contributed by atoms with van der Waals surface area (Å²) in [6, 6.07) is 3.85. The topological polar surface area (TPSA) is 46.2 Å². The van der Waals surface area contributed by atoms with Crippen LogP contribution in [-0.2, 0) is 5.41 Å². The summed E-state index contributed by atoms with van der Waals surface area (Å²) >= 11 is 0. The number of nitrogens with two attached hydrogens (primary N) is 1. The first-order valence-electron chi connectivity index (χ1n) is 5.57. The average Bonchev–Trinajstić information content (AvgIpc) is 2.14. The highest BCUT2D eigenvalue weighted by molar-refractivity contribution is 5.58. The summed E-state index contributed by atoms with van der Waals surface area (Å²) in [5.74, 6) is 0.370. The number of phenolic OH excluding ortho intramolecular Hbond substituents is 1. The lowest BCUT2D eigenvalue weighted by atomic mass is 9.84. The monoisotopic (exact) mass is 219 g/mol. The van der Waals surface area contributed by atoms with Crippen molar-refractivity contribution in [3.8, 4) is 5.75 Å². The molecule has 1 aromatic rings. The zero-order valence-electron chi connectivity index (χ0n) is 10.5. The molecule has 0 spiro atoms. The molecule has 2 heteroatoms. The molecule has 1 rings (SSSR count). The second-order valence-corrected chi connectivity index (χ2v) is 5.11. The van der Waals surface area contributed by atoms with Crippen LogP contribution in [0, 0.1) is 6.92 Å². The summed E-state index contributed by atoms with van der Waals surface area (Å²) in [5.41, 5.74) is 8.54. The molecule has 16 heavy (non-hydrogen) atoms. The quantitative estimate of drug-likeness (QED) is 0.803. The molecule has 0 aliphatic rings. The van der Waals surface area contributed by atoms with E-state index in [-0.39, 0.29) is 5.41 Å². The van der Waals surface area contributed by atoms with Crippen molar-refractivity contribution in [2.45, 2.75) is 33.1 Å². The Morgan fingerprint density at radius 1 is 1.31 bits per heavy atom. The van der Waals surface area contributed by atoms with Crippen molar-refractivity contribution in [1.29, 1.82) is 0 Å². The van der Waals surface area contributed by atoms with Gasteiger partial charge in [-0.1, -0.05) is 32.9 Å². The van der Waals surface area contributed by atoms with Gasteiger partial charge in [0.15, 0.2) is 0 Å². The Morgan fingerprint density at radius 3 is 2.44 bits per heavy atom. The van der Waals surface area contributed by atoms with E-state index in [1.54, 1.807) is 0 Å². The minimum absolute atomic E-state index is 0.0525. The van der Waals surface area contributed by atoms with Crippen molar-refractivity contribution >= 4 is 6.08 Å². The fourth-order valence-corrected chi connectivity index (χ4v) is 1.68. The lowest BCUT2D eigenvalue weighted by Gasteiger charge is -2.21. The van der Waals surface area contributed by atoms with E-state index in [0.29, 0.717) is 12.3 Å². The fourth-order valence-electron chi connectivity index (χ4n) is 1.68. The molecule has 0 atom stereocenters. The first-order chi connectivity index (χ1) is 7.36. The van der Waals surface area contributed by atoms with Crippen LogP contribution in [0.4, 0.5) is 0 Å². The number of phenols is 1. The number of rotatable bonds is 2. The van der Waals surface area contributed by atoms with E-state index < -0.39 is 0 Å². The van der Waals surface area contributed by atoms with E-state index in [1.807, 2.05) is 31.2 Å². The van der Waals surface area contributed by atoms with Crippen LogP contribution < -0.4 is 5.73 Å². The molecule has 2 nitrogen and oxygen atoms in total. The van der Waals surface area contributed by atoms with E-state index in [2.05, 4.69) is 20.8 Å². The number of aromatic hydroxyl groups is 1. The normalized spacial score (nSPS) is 12.3. The third-order valence-electron chi connectivity index (χ3n) is 2.63. The third-order valence-corrected chi connectivity index (χ3v) is 2.63. The highest BCUT2D eigenvalue weighted by Gasteiger charge is 2.18. The van der Waals surface area contributed by atoms with E-state index in [0.717, 1.165) is 16.7 Å². The molecule has 88 valence electrons.